The van der Waals surface area contributed by atoms with Crippen LogP contribution in [0.3, 0.4) is 0 Å². The van der Waals surface area contributed by atoms with E-state index in [0.717, 1.165) is 22.3 Å². The van der Waals surface area contributed by atoms with Gasteiger partial charge in [-0.25, -0.2) is 0 Å². The van der Waals surface area contributed by atoms with Crippen LogP contribution in [0.5, 0.6) is 17.2 Å². The molecule has 3 rings (SSSR count). The lowest BCUT2D eigenvalue weighted by molar-refractivity contribution is 0.0962. The van der Waals surface area contributed by atoms with Crippen LogP contribution in [-0.2, 0) is 0 Å². The lowest BCUT2D eigenvalue weighted by atomic mass is 10.1. The highest BCUT2D eigenvalue weighted by molar-refractivity contribution is 6.04. The van der Waals surface area contributed by atoms with Gasteiger partial charge in [-0.15, -0.1) is 0 Å². The topological polar surface area (TPSA) is 52.9 Å². The van der Waals surface area contributed by atoms with Crippen molar-refractivity contribution >= 4 is 22.5 Å². The first kappa shape index (κ1) is 18.6. The molecule has 0 radical (unpaired) electrons. The number of aryl methyl sites for hydroxylation is 1. The van der Waals surface area contributed by atoms with E-state index in [1.165, 1.54) is 21.3 Å². The van der Waals surface area contributed by atoms with Gasteiger partial charge in [0.2, 0.25) is 5.75 Å². The number of carbonyl (C=O) groups is 1. The summed E-state index contributed by atoms with van der Waals surface area (Å²) in [5, 5.41) is 1.01. The quantitative estimate of drug-likeness (QED) is 0.687. The van der Waals surface area contributed by atoms with Gasteiger partial charge in [0.1, 0.15) is 0 Å². The normalized spacial score (nSPS) is 10.7. The summed E-state index contributed by atoms with van der Waals surface area (Å²) in [4.78, 5) is 15.3. The molecule has 0 saturated carbocycles. The zero-order valence-corrected chi connectivity index (χ0v) is 16.5. The number of methoxy groups -OCH3 is 3. The molecule has 0 fully saturated rings. The smallest absolute Gasteiger partial charge is 0.262 e. The minimum Gasteiger partial charge on any atom is -0.493 e. The zero-order valence-electron chi connectivity index (χ0n) is 16.5. The van der Waals surface area contributed by atoms with Gasteiger partial charge in [0, 0.05) is 36.4 Å². The summed E-state index contributed by atoms with van der Waals surface area (Å²) in [5.41, 5.74) is 3.26. The van der Waals surface area contributed by atoms with Gasteiger partial charge in [-0.1, -0.05) is 0 Å². The fourth-order valence-corrected chi connectivity index (χ4v) is 3.22. The van der Waals surface area contributed by atoms with E-state index in [4.69, 9.17) is 14.2 Å². The zero-order chi connectivity index (χ0) is 19.7. The van der Waals surface area contributed by atoms with Gasteiger partial charge in [0.05, 0.1) is 26.8 Å². The molecule has 1 heterocycles. The molecule has 0 amide bonds. The number of aromatic nitrogens is 1. The van der Waals surface area contributed by atoms with Crippen molar-refractivity contribution in [1.29, 1.82) is 0 Å². The van der Waals surface area contributed by atoms with Crippen molar-refractivity contribution in [3.8, 4) is 17.2 Å². The Kier molecular flexibility index (Phi) is 4.99. The fourth-order valence-electron chi connectivity index (χ4n) is 3.22. The van der Waals surface area contributed by atoms with Gasteiger partial charge in [0.25, 0.3) is 5.91 Å². The highest BCUT2D eigenvalue weighted by atomic mass is 16.5. The van der Waals surface area contributed by atoms with Crippen molar-refractivity contribution in [3.63, 3.8) is 0 Å². The molecule has 0 unspecified atom stereocenters. The van der Waals surface area contributed by atoms with Crippen LogP contribution in [-0.4, -0.2) is 45.9 Å². The van der Waals surface area contributed by atoms with Crippen molar-refractivity contribution < 1.29 is 19.0 Å². The molecule has 0 aliphatic heterocycles. The Labute approximate surface area is 158 Å². The second-order valence-corrected chi connectivity index (χ2v) is 6.48. The summed E-state index contributed by atoms with van der Waals surface area (Å²) in [6, 6.07) is 11.4. The number of carbonyl (C=O) groups excluding carboxylic acids is 1. The minimum absolute atomic E-state index is 0.153. The van der Waals surface area contributed by atoms with E-state index in [0.29, 0.717) is 22.8 Å². The van der Waals surface area contributed by atoms with Crippen molar-refractivity contribution in [3.05, 3.63) is 47.7 Å². The van der Waals surface area contributed by atoms with Crippen LogP contribution in [0, 0.1) is 6.92 Å². The third-order valence-corrected chi connectivity index (χ3v) is 4.60. The predicted octanol–water partition coefficient (Wildman–Crippen LogP) is 3.73. The summed E-state index contributed by atoms with van der Waals surface area (Å²) in [6.07, 6.45) is 0. The van der Waals surface area contributed by atoms with Crippen molar-refractivity contribution in [2.75, 3.05) is 40.3 Å². The Hall–Kier alpha value is -3.15. The molecular weight excluding hydrogens is 344 g/mol. The summed E-state index contributed by atoms with van der Waals surface area (Å²) in [5.74, 6) is 1.20. The average Bonchev–Trinajstić information content (AvgIpc) is 3.00. The van der Waals surface area contributed by atoms with Crippen molar-refractivity contribution in [1.82, 2.24) is 4.57 Å². The standard InChI is InChI=1S/C21H24N2O4/c1-13-9-14-10-16(22(2)3)7-8-17(14)23(13)21(24)15-11-18(25-4)20(27-6)19(12-15)26-5/h7-12H,1-6H3. The molecular formula is C21H24N2O4. The van der Waals surface area contributed by atoms with E-state index in [-0.39, 0.29) is 5.91 Å². The molecule has 142 valence electrons. The van der Waals surface area contributed by atoms with E-state index in [2.05, 4.69) is 6.07 Å². The molecule has 0 saturated heterocycles. The van der Waals surface area contributed by atoms with Gasteiger partial charge in [-0.3, -0.25) is 9.36 Å². The van der Waals surface area contributed by atoms with E-state index >= 15 is 0 Å². The summed E-state index contributed by atoms with van der Waals surface area (Å²) in [6.45, 7) is 1.92. The van der Waals surface area contributed by atoms with E-state index < -0.39 is 0 Å². The first-order valence-corrected chi connectivity index (χ1v) is 8.55. The van der Waals surface area contributed by atoms with Gasteiger partial charge in [-0.2, -0.15) is 0 Å². The van der Waals surface area contributed by atoms with Crippen LogP contribution in [0.25, 0.3) is 10.9 Å². The average molecular weight is 368 g/mol. The van der Waals surface area contributed by atoms with Crippen LogP contribution in [0.1, 0.15) is 16.1 Å². The number of rotatable bonds is 5. The van der Waals surface area contributed by atoms with Gasteiger partial charge in [-0.05, 0) is 43.3 Å². The Morgan fingerprint density at radius 1 is 0.926 bits per heavy atom. The highest BCUT2D eigenvalue weighted by Gasteiger charge is 2.20. The molecule has 6 nitrogen and oxygen atoms in total. The minimum atomic E-state index is -0.153. The van der Waals surface area contributed by atoms with Crippen molar-refractivity contribution in [2.24, 2.45) is 0 Å². The molecule has 0 atom stereocenters. The molecule has 6 heteroatoms. The molecule has 2 aromatic carbocycles. The van der Waals surface area contributed by atoms with Crippen LogP contribution in [0.15, 0.2) is 36.4 Å². The maximum Gasteiger partial charge on any atom is 0.262 e. The maximum atomic E-state index is 13.3. The monoisotopic (exact) mass is 368 g/mol. The molecule has 0 spiro atoms. The summed E-state index contributed by atoms with van der Waals surface area (Å²) >= 11 is 0. The highest BCUT2D eigenvalue weighted by Crippen LogP contribution is 2.38. The van der Waals surface area contributed by atoms with Gasteiger partial charge < -0.3 is 19.1 Å². The van der Waals surface area contributed by atoms with Crippen LogP contribution >= 0.6 is 0 Å². The van der Waals surface area contributed by atoms with E-state index in [1.807, 2.05) is 44.1 Å². The molecule has 0 aliphatic rings. The Balaban J connectivity index is 2.15. The number of ether oxygens (including phenoxy) is 3. The van der Waals surface area contributed by atoms with Crippen LogP contribution in [0.2, 0.25) is 0 Å². The van der Waals surface area contributed by atoms with Gasteiger partial charge >= 0.3 is 0 Å². The third-order valence-electron chi connectivity index (χ3n) is 4.60. The molecule has 0 N–H and O–H groups in total. The number of fused-ring (bicyclic) bond motifs is 1. The second kappa shape index (κ2) is 7.23. The number of nitrogens with zero attached hydrogens (tertiary/aromatic N) is 2. The molecule has 1 aromatic heterocycles. The lowest BCUT2D eigenvalue weighted by Crippen LogP contribution is -2.14. The number of anilines is 1. The lowest BCUT2D eigenvalue weighted by Gasteiger charge is -2.15. The van der Waals surface area contributed by atoms with E-state index in [1.54, 1.807) is 16.7 Å². The Morgan fingerprint density at radius 3 is 2.07 bits per heavy atom. The number of benzene rings is 2. The van der Waals surface area contributed by atoms with Gasteiger partial charge in [0.15, 0.2) is 11.5 Å². The second-order valence-electron chi connectivity index (χ2n) is 6.48. The molecule has 0 bridgehead atoms. The summed E-state index contributed by atoms with van der Waals surface area (Å²) in [7, 11) is 8.58. The Morgan fingerprint density at radius 2 is 1.56 bits per heavy atom. The molecule has 27 heavy (non-hydrogen) atoms. The number of hydrogen-bond donors (Lipinski definition) is 0. The van der Waals surface area contributed by atoms with Crippen molar-refractivity contribution in [2.45, 2.75) is 6.92 Å². The maximum absolute atomic E-state index is 13.3. The van der Waals surface area contributed by atoms with E-state index in [9.17, 15) is 4.79 Å². The molecule has 3 aromatic rings. The number of hydrogen-bond acceptors (Lipinski definition) is 5. The SMILES string of the molecule is COc1cc(C(=O)n2c(C)cc3cc(N(C)C)ccc32)cc(OC)c1OC. The largest absolute Gasteiger partial charge is 0.493 e. The summed E-state index contributed by atoms with van der Waals surface area (Å²) < 4.78 is 17.8. The third kappa shape index (κ3) is 3.18. The molecule has 0 aliphatic carbocycles. The van der Waals surface area contributed by atoms with Crippen LogP contribution in [0.4, 0.5) is 5.69 Å². The van der Waals surface area contributed by atoms with Crippen LogP contribution < -0.4 is 19.1 Å². The predicted molar refractivity (Wildman–Crippen MR) is 107 cm³/mol. The first-order valence-electron chi connectivity index (χ1n) is 8.55. The Bertz CT molecular complexity index is 980. The first-order chi connectivity index (χ1) is 12.9. The fraction of sp³-hybridized carbons (Fsp3) is 0.286.